The van der Waals surface area contributed by atoms with Crippen LogP contribution in [0.4, 0.5) is 0 Å². The third-order valence-corrected chi connectivity index (χ3v) is 80.1. The molecule has 0 spiro atoms. The van der Waals surface area contributed by atoms with Gasteiger partial charge in [0.1, 0.15) is 0 Å². The van der Waals surface area contributed by atoms with E-state index < -0.39 is 21.3 Å². The van der Waals surface area contributed by atoms with E-state index in [1.165, 1.54) is 36.8 Å². The summed E-state index contributed by atoms with van der Waals surface area (Å²) in [5.74, 6) is -1.26. The standard InChI is InChI=1S/2C11H17.C2H7Si.2ClH.Hf/c2*1-3-5-10-7-8-11(9-10)6-4-2;1-3-2;;;/h2*7-9H,3-6H2,1-2H3;3H,1-2H3;2*1H;/q;;;;;+2/p-2. The van der Waals surface area contributed by atoms with Gasteiger partial charge in [0, 0.05) is 0 Å². The van der Waals surface area contributed by atoms with Crippen molar-refractivity contribution in [1.82, 2.24) is 0 Å². The normalized spacial score (nSPS) is 24.0. The summed E-state index contributed by atoms with van der Waals surface area (Å²) < 4.78 is 0.715. The van der Waals surface area contributed by atoms with Gasteiger partial charge in [-0.05, 0) is 0 Å². The summed E-state index contributed by atoms with van der Waals surface area (Å²) in [5, 5.41) is 0. The SMILES string of the molecule is CCCC1=C[CH]([Hf]([Cl])([Cl])([CH]2C=C(CCC)C=C2CCC)[SiH](C)C)C(CCC)=C1. The van der Waals surface area contributed by atoms with Gasteiger partial charge >= 0.3 is 185 Å². The average Bonchev–Trinajstić information content (AvgIpc) is 3.22. The quantitative estimate of drug-likeness (QED) is 0.206. The summed E-state index contributed by atoms with van der Waals surface area (Å²) in [6.07, 6.45) is 19.4. The van der Waals surface area contributed by atoms with E-state index in [4.69, 9.17) is 17.2 Å². The topological polar surface area (TPSA) is 0 Å². The molecule has 0 saturated heterocycles. The second kappa shape index (κ2) is 10.3. The fourth-order valence-corrected chi connectivity index (χ4v) is 45.8. The molecule has 2 atom stereocenters. The van der Waals surface area contributed by atoms with Gasteiger partial charge < -0.3 is 0 Å². The number of hydrogen-bond acceptors (Lipinski definition) is 0. The Morgan fingerprint density at radius 1 is 0.714 bits per heavy atom. The van der Waals surface area contributed by atoms with Gasteiger partial charge in [0.05, 0.1) is 0 Å². The Kier molecular flexibility index (Phi) is 9.15. The minimum absolute atomic E-state index is 0.357. The van der Waals surface area contributed by atoms with Gasteiger partial charge in [0.2, 0.25) is 0 Å². The predicted octanol–water partition coefficient (Wildman–Crippen LogP) is 9.48. The molecule has 0 aromatic heterocycles. The van der Waals surface area contributed by atoms with Crippen LogP contribution in [0, 0.1) is 0 Å². The van der Waals surface area contributed by atoms with Crippen LogP contribution in [0.2, 0.25) is 20.4 Å². The first kappa shape index (κ1) is 24.9. The summed E-state index contributed by atoms with van der Waals surface area (Å²) in [5.41, 5.74) is 6.10. The first-order valence-corrected chi connectivity index (χ1v) is 33.8. The van der Waals surface area contributed by atoms with E-state index in [0.29, 0.717) is 7.35 Å². The van der Waals surface area contributed by atoms with Crippen LogP contribution in [0.3, 0.4) is 0 Å². The van der Waals surface area contributed by atoms with Crippen LogP contribution >= 0.6 is 17.2 Å². The Morgan fingerprint density at radius 3 is 1.36 bits per heavy atom. The molecule has 0 heterocycles. The van der Waals surface area contributed by atoms with Crippen molar-refractivity contribution in [3.05, 3.63) is 46.6 Å². The van der Waals surface area contributed by atoms with Crippen molar-refractivity contribution in [3.8, 4) is 0 Å². The van der Waals surface area contributed by atoms with Gasteiger partial charge in [0.15, 0.2) is 0 Å². The predicted molar refractivity (Wildman–Crippen MR) is 130 cm³/mol. The van der Waals surface area contributed by atoms with Gasteiger partial charge in [-0.15, -0.1) is 0 Å². The third-order valence-electron chi connectivity index (χ3n) is 6.75. The summed E-state index contributed by atoms with van der Waals surface area (Å²) >= 11 is -4.30. The maximum absolute atomic E-state index is 8.01. The van der Waals surface area contributed by atoms with Crippen molar-refractivity contribution in [2.24, 2.45) is 0 Å². The van der Waals surface area contributed by atoms with Crippen molar-refractivity contribution in [2.75, 3.05) is 0 Å². The Hall–Kier alpha value is 0.627. The molecular formula is C24H41Cl2HfSi. The zero-order valence-electron chi connectivity index (χ0n) is 19.0. The molecule has 28 heavy (non-hydrogen) atoms. The van der Waals surface area contributed by atoms with E-state index in [1.54, 1.807) is 11.1 Å². The van der Waals surface area contributed by atoms with Crippen LogP contribution in [-0.2, 0) is 15.3 Å². The third kappa shape index (κ3) is 4.76. The summed E-state index contributed by atoms with van der Waals surface area (Å²) in [7, 11) is 16.0. The first-order chi connectivity index (χ1) is 13.2. The molecule has 159 valence electrons. The molecule has 0 bridgehead atoms. The molecule has 0 nitrogen and oxygen atoms in total. The van der Waals surface area contributed by atoms with E-state index in [2.05, 4.69) is 65.1 Å². The molecule has 0 aromatic rings. The van der Waals surface area contributed by atoms with Crippen molar-refractivity contribution < 1.29 is 15.3 Å². The number of rotatable bonds is 11. The number of hydrogen-bond donors (Lipinski definition) is 0. The minimum atomic E-state index is -4.30. The number of allylic oxidation sites excluding steroid dienone is 8. The molecule has 0 amide bonds. The Bertz CT molecular complexity index is 633. The molecule has 2 unspecified atom stereocenters. The summed E-state index contributed by atoms with van der Waals surface area (Å²) in [6, 6.07) is 0. The zero-order chi connectivity index (χ0) is 21.0. The monoisotopic (exact) mass is 607 g/mol. The van der Waals surface area contributed by atoms with Gasteiger partial charge in [-0.3, -0.25) is 0 Å². The fourth-order valence-electron chi connectivity index (χ4n) is 5.25. The molecule has 0 aromatic carbocycles. The van der Waals surface area contributed by atoms with E-state index in [9.17, 15) is 0 Å². The van der Waals surface area contributed by atoms with Gasteiger partial charge in [-0.25, -0.2) is 0 Å². The molecule has 2 aliphatic carbocycles. The molecule has 4 heteroatoms. The van der Waals surface area contributed by atoms with Gasteiger partial charge in [-0.2, -0.15) is 0 Å². The Morgan fingerprint density at radius 2 is 1.07 bits per heavy atom. The average molecular weight is 607 g/mol. The molecular weight excluding hydrogens is 566 g/mol. The van der Waals surface area contributed by atoms with Crippen LogP contribution in [-0.4, -0.2) is 5.98 Å². The zero-order valence-corrected chi connectivity index (χ0v) is 25.2. The van der Waals surface area contributed by atoms with Crippen molar-refractivity contribution in [3.63, 3.8) is 0 Å². The molecule has 0 N–H and O–H groups in total. The molecule has 0 fully saturated rings. The Balaban J connectivity index is 2.59. The molecule has 2 aliphatic rings. The van der Waals surface area contributed by atoms with Crippen molar-refractivity contribution in [1.29, 1.82) is 0 Å². The van der Waals surface area contributed by atoms with E-state index in [-0.39, 0.29) is 0 Å². The second-order valence-electron chi connectivity index (χ2n) is 9.26. The Labute approximate surface area is 183 Å². The maximum atomic E-state index is 8.01. The number of halogens is 2. The molecule has 0 saturated carbocycles. The summed E-state index contributed by atoms with van der Waals surface area (Å²) in [4.78, 5) is 0. The van der Waals surface area contributed by atoms with Crippen LogP contribution in [0.15, 0.2) is 46.6 Å². The van der Waals surface area contributed by atoms with Crippen LogP contribution in [0.5, 0.6) is 0 Å². The van der Waals surface area contributed by atoms with E-state index in [0.717, 1.165) is 25.7 Å². The van der Waals surface area contributed by atoms with Crippen LogP contribution < -0.4 is 0 Å². The second-order valence-corrected chi connectivity index (χ2v) is 68.9. The van der Waals surface area contributed by atoms with Gasteiger partial charge in [0.25, 0.3) is 0 Å². The van der Waals surface area contributed by atoms with Crippen molar-refractivity contribution in [2.45, 2.75) is 99.5 Å². The van der Waals surface area contributed by atoms with Crippen molar-refractivity contribution >= 4 is 23.1 Å². The van der Waals surface area contributed by atoms with Crippen LogP contribution in [0.1, 0.15) is 79.1 Å². The van der Waals surface area contributed by atoms with Gasteiger partial charge in [-0.1, -0.05) is 0 Å². The summed E-state index contributed by atoms with van der Waals surface area (Å²) in [6.45, 7) is 14.0. The molecule has 0 radical (unpaired) electrons. The fraction of sp³-hybridized carbons (Fsp3) is 0.667. The van der Waals surface area contributed by atoms with E-state index in [1.807, 2.05) is 0 Å². The first-order valence-electron chi connectivity index (χ1n) is 11.6. The molecule has 0 aliphatic heterocycles. The van der Waals surface area contributed by atoms with E-state index >= 15 is 0 Å². The van der Waals surface area contributed by atoms with Crippen LogP contribution in [0.25, 0.3) is 0 Å². The molecule has 2 rings (SSSR count).